The Hall–Kier alpha value is -0.490. The molecule has 3 atom stereocenters. The van der Waals surface area contributed by atoms with E-state index in [0.717, 1.165) is 31.2 Å². The molecule has 0 aliphatic carbocycles. The van der Waals surface area contributed by atoms with Crippen LogP contribution in [0.4, 0.5) is 0 Å². The summed E-state index contributed by atoms with van der Waals surface area (Å²) in [4.78, 5) is 4.33. The number of ether oxygens (including phenoxy) is 1. The monoisotopic (exact) mass is 255 g/mol. The number of rotatable bonds is 5. The topological polar surface area (TPSA) is 46.2 Å². The molecular weight excluding hydrogens is 234 g/mol. The molecule has 2 rings (SSSR count). The molecule has 96 valence electrons. The second-order valence-electron chi connectivity index (χ2n) is 4.62. The molecule has 0 bridgehead atoms. The van der Waals surface area contributed by atoms with E-state index >= 15 is 0 Å². The maximum Gasteiger partial charge on any atom is 0.109 e. The molecule has 0 amide bonds. The van der Waals surface area contributed by atoms with Gasteiger partial charge in [0, 0.05) is 30.2 Å². The van der Waals surface area contributed by atoms with Gasteiger partial charge in [0.15, 0.2) is 0 Å². The average Bonchev–Trinajstić information content (AvgIpc) is 2.83. The summed E-state index contributed by atoms with van der Waals surface area (Å²) in [6, 6.07) is 1.28. The number of nitrogens with zero attached hydrogens (tertiary/aromatic N) is 1. The molecule has 5 heteroatoms. The fraction of sp³-hybridized carbons (Fsp3) is 0.750. The van der Waals surface area contributed by atoms with Crippen LogP contribution in [0.1, 0.15) is 31.3 Å². The Morgan fingerprint density at radius 2 is 2.53 bits per heavy atom. The quantitative estimate of drug-likeness (QED) is 0.838. The molecular formula is C12H21N3OS. The van der Waals surface area contributed by atoms with Crippen molar-refractivity contribution in [3.05, 3.63) is 16.6 Å². The molecule has 3 unspecified atom stereocenters. The molecule has 1 saturated heterocycles. The summed E-state index contributed by atoms with van der Waals surface area (Å²) in [6.07, 6.45) is 2.95. The van der Waals surface area contributed by atoms with Crippen LogP contribution >= 0.6 is 11.3 Å². The molecule has 1 aliphatic heterocycles. The van der Waals surface area contributed by atoms with Gasteiger partial charge in [-0.25, -0.2) is 4.98 Å². The molecule has 0 radical (unpaired) electrons. The molecule has 0 aromatic carbocycles. The molecule has 17 heavy (non-hydrogen) atoms. The largest absolute Gasteiger partial charge is 0.379 e. The molecule has 2 N–H and O–H groups in total. The van der Waals surface area contributed by atoms with Crippen LogP contribution < -0.4 is 10.6 Å². The van der Waals surface area contributed by atoms with Crippen LogP contribution in [0.25, 0.3) is 0 Å². The first kappa shape index (κ1) is 13.0. The molecule has 0 saturated carbocycles. The first-order chi connectivity index (χ1) is 8.25. The molecule has 4 nitrogen and oxygen atoms in total. The lowest BCUT2D eigenvalue weighted by Crippen LogP contribution is -2.45. The molecule has 1 aromatic rings. The van der Waals surface area contributed by atoms with Crippen molar-refractivity contribution in [3.63, 3.8) is 0 Å². The lowest BCUT2D eigenvalue weighted by molar-refractivity contribution is 0.0708. The summed E-state index contributed by atoms with van der Waals surface area (Å²) in [5, 5.41) is 10.2. The van der Waals surface area contributed by atoms with Crippen molar-refractivity contribution >= 4 is 11.3 Å². The zero-order chi connectivity index (χ0) is 12.1. The van der Waals surface area contributed by atoms with Gasteiger partial charge in [-0.3, -0.25) is 0 Å². The molecule has 1 aliphatic rings. The van der Waals surface area contributed by atoms with Crippen molar-refractivity contribution in [2.75, 3.05) is 19.8 Å². The SMILES string of the molecule is CC(CC1COCCN1)NC(C)c1nccs1. The van der Waals surface area contributed by atoms with Gasteiger partial charge in [-0.1, -0.05) is 0 Å². The summed E-state index contributed by atoms with van der Waals surface area (Å²) < 4.78 is 5.46. The highest BCUT2D eigenvalue weighted by molar-refractivity contribution is 7.09. The minimum absolute atomic E-state index is 0.328. The predicted molar refractivity (Wildman–Crippen MR) is 70.4 cm³/mol. The van der Waals surface area contributed by atoms with Crippen LogP contribution in [0.3, 0.4) is 0 Å². The number of morpholine rings is 1. The third-order valence-corrected chi connectivity index (χ3v) is 3.95. The van der Waals surface area contributed by atoms with E-state index in [-0.39, 0.29) is 0 Å². The average molecular weight is 255 g/mol. The highest BCUT2D eigenvalue weighted by Gasteiger charge is 2.18. The minimum Gasteiger partial charge on any atom is -0.379 e. The van der Waals surface area contributed by atoms with Gasteiger partial charge >= 0.3 is 0 Å². The second-order valence-corrected chi connectivity index (χ2v) is 5.55. The van der Waals surface area contributed by atoms with Crippen LogP contribution in [0.2, 0.25) is 0 Å². The molecule has 1 fully saturated rings. The third kappa shape index (κ3) is 4.03. The van der Waals surface area contributed by atoms with E-state index < -0.39 is 0 Å². The number of hydrogen-bond acceptors (Lipinski definition) is 5. The smallest absolute Gasteiger partial charge is 0.109 e. The summed E-state index contributed by atoms with van der Waals surface area (Å²) in [7, 11) is 0. The van der Waals surface area contributed by atoms with Crippen molar-refractivity contribution in [2.24, 2.45) is 0 Å². The standard InChI is InChI=1S/C12H21N3OS/c1-9(7-11-8-16-5-3-13-11)15-10(2)12-14-4-6-17-12/h4,6,9-11,13,15H,3,5,7-8H2,1-2H3. The first-order valence-electron chi connectivity index (χ1n) is 6.22. The first-order valence-corrected chi connectivity index (χ1v) is 7.10. The Labute approximate surface area is 107 Å². The maximum absolute atomic E-state index is 5.46. The Bertz CT molecular complexity index is 312. The van der Waals surface area contributed by atoms with Crippen LogP contribution in [-0.4, -0.2) is 36.8 Å². The van der Waals surface area contributed by atoms with Gasteiger partial charge in [0.05, 0.1) is 19.3 Å². The van der Waals surface area contributed by atoms with E-state index in [2.05, 4.69) is 29.5 Å². The predicted octanol–water partition coefficient (Wildman–Crippen LogP) is 1.56. The Balaban J connectivity index is 1.74. The highest BCUT2D eigenvalue weighted by atomic mass is 32.1. The van der Waals surface area contributed by atoms with Gasteiger partial charge in [0.2, 0.25) is 0 Å². The van der Waals surface area contributed by atoms with Gasteiger partial charge in [-0.15, -0.1) is 11.3 Å². The second kappa shape index (κ2) is 6.44. The maximum atomic E-state index is 5.46. The van der Waals surface area contributed by atoms with Crippen LogP contribution in [0.5, 0.6) is 0 Å². The van der Waals surface area contributed by atoms with E-state index in [1.807, 2.05) is 11.6 Å². The Kier molecular flexibility index (Phi) is 4.91. The van der Waals surface area contributed by atoms with Crippen molar-refractivity contribution in [3.8, 4) is 0 Å². The highest BCUT2D eigenvalue weighted by Crippen LogP contribution is 2.16. The summed E-state index contributed by atoms with van der Waals surface area (Å²) in [5.74, 6) is 0. The molecule has 1 aromatic heterocycles. The Morgan fingerprint density at radius 1 is 1.65 bits per heavy atom. The van der Waals surface area contributed by atoms with Gasteiger partial charge in [-0.2, -0.15) is 0 Å². The van der Waals surface area contributed by atoms with E-state index in [1.165, 1.54) is 0 Å². The van der Waals surface area contributed by atoms with Gasteiger partial charge in [-0.05, 0) is 20.3 Å². The third-order valence-electron chi connectivity index (χ3n) is 2.99. The van der Waals surface area contributed by atoms with E-state index in [4.69, 9.17) is 4.74 Å². The fourth-order valence-electron chi connectivity index (χ4n) is 2.21. The van der Waals surface area contributed by atoms with Gasteiger partial charge in [0.1, 0.15) is 5.01 Å². The normalized spacial score (nSPS) is 24.5. The lowest BCUT2D eigenvalue weighted by Gasteiger charge is -2.27. The van der Waals surface area contributed by atoms with Crippen LogP contribution in [-0.2, 0) is 4.74 Å². The minimum atomic E-state index is 0.328. The fourth-order valence-corrected chi connectivity index (χ4v) is 2.87. The van der Waals surface area contributed by atoms with E-state index in [0.29, 0.717) is 18.1 Å². The number of thiazole rings is 1. The van der Waals surface area contributed by atoms with Crippen molar-refractivity contribution in [1.29, 1.82) is 0 Å². The van der Waals surface area contributed by atoms with Crippen LogP contribution in [0, 0.1) is 0 Å². The number of hydrogen-bond donors (Lipinski definition) is 2. The van der Waals surface area contributed by atoms with Crippen molar-refractivity contribution in [2.45, 2.75) is 38.4 Å². The van der Waals surface area contributed by atoms with Crippen molar-refractivity contribution in [1.82, 2.24) is 15.6 Å². The van der Waals surface area contributed by atoms with Gasteiger partial charge in [0.25, 0.3) is 0 Å². The lowest BCUT2D eigenvalue weighted by atomic mass is 10.1. The number of aromatic nitrogens is 1. The number of nitrogens with one attached hydrogen (secondary N) is 2. The zero-order valence-corrected chi connectivity index (χ0v) is 11.3. The zero-order valence-electron chi connectivity index (χ0n) is 10.5. The van der Waals surface area contributed by atoms with Crippen LogP contribution in [0.15, 0.2) is 11.6 Å². The molecule has 2 heterocycles. The summed E-state index contributed by atoms with van der Waals surface area (Å²) >= 11 is 1.71. The van der Waals surface area contributed by atoms with Crippen molar-refractivity contribution < 1.29 is 4.74 Å². The summed E-state index contributed by atoms with van der Waals surface area (Å²) in [6.45, 7) is 7.03. The molecule has 0 spiro atoms. The van der Waals surface area contributed by atoms with E-state index in [9.17, 15) is 0 Å². The summed E-state index contributed by atoms with van der Waals surface area (Å²) in [5.41, 5.74) is 0. The van der Waals surface area contributed by atoms with Gasteiger partial charge < -0.3 is 15.4 Å². The Morgan fingerprint density at radius 3 is 3.18 bits per heavy atom. The van der Waals surface area contributed by atoms with E-state index in [1.54, 1.807) is 11.3 Å².